The van der Waals surface area contributed by atoms with Crippen LogP contribution < -0.4 is 0 Å². The van der Waals surface area contributed by atoms with E-state index in [2.05, 4.69) is 4.90 Å². The van der Waals surface area contributed by atoms with Crippen LogP contribution in [0.25, 0.3) is 0 Å². The summed E-state index contributed by atoms with van der Waals surface area (Å²) in [6.07, 6.45) is 7.42. The van der Waals surface area contributed by atoms with E-state index in [4.69, 9.17) is 4.74 Å². The number of hydrogen-bond acceptors (Lipinski definition) is 4. The fourth-order valence-corrected chi connectivity index (χ4v) is 4.73. The minimum Gasteiger partial charge on any atom is -0.444 e. The van der Waals surface area contributed by atoms with Crippen LogP contribution in [0, 0.1) is 0 Å². The summed E-state index contributed by atoms with van der Waals surface area (Å²) in [5.41, 5.74) is -0.468. The maximum absolute atomic E-state index is 12.6. The monoisotopic (exact) mass is 365 g/mol. The van der Waals surface area contributed by atoms with Gasteiger partial charge in [-0.2, -0.15) is 0 Å². The van der Waals surface area contributed by atoms with Crippen LogP contribution in [0.1, 0.15) is 65.7 Å². The second-order valence-electron chi connectivity index (χ2n) is 9.22. The summed E-state index contributed by atoms with van der Waals surface area (Å²) in [5, 5.41) is 0. The number of amides is 2. The van der Waals surface area contributed by atoms with E-state index >= 15 is 0 Å². The molecule has 6 nitrogen and oxygen atoms in total. The third kappa shape index (κ3) is 4.51. The molecule has 2 unspecified atom stereocenters. The largest absolute Gasteiger partial charge is 0.444 e. The Bertz CT molecular complexity index is 511. The van der Waals surface area contributed by atoms with Gasteiger partial charge in [-0.3, -0.25) is 9.69 Å². The van der Waals surface area contributed by atoms with Crippen molar-refractivity contribution in [1.82, 2.24) is 14.7 Å². The van der Waals surface area contributed by atoms with E-state index in [9.17, 15) is 9.59 Å². The lowest BCUT2D eigenvalue weighted by molar-refractivity contribution is -0.134. The Morgan fingerprint density at radius 3 is 2.15 bits per heavy atom. The topological polar surface area (TPSA) is 53.1 Å². The molecule has 0 aliphatic carbocycles. The van der Waals surface area contributed by atoms with Crippen LogP contribution in [0.15, 0.2) is 0 Å². The maximum Gasteiger partial charge on any atom is 0.410 e. The molecule has 2 amide bonds. The average Bonchev–Trinajstić information content (AvgIpc) is 3.06. The van der Waals surface area contributed by atoms with Crippen molar-refractivity contribution in [3.8, 4) is 0 Å². The fourth-order valence-electron chi connectivity index (χ4n) is 4.73. The van der Waals surface area contributed by atoms with Gasteiger partial charge in [0.05, 0.1) is 6.54 Å². The van der Waals surface area contributed by atoms with Crippen LogP contribution in [0.3, 0.4) is 0 Å². The Kier molecular flexibility index (Phi) is 5.80. The number of hydrogen-bond donors (Lipinski definition) is 0. The fraction of sp³-hybridized carbons (Fsp3) is 0.900. The van der Waals surface area contributed by atoms with Gasteiger partial charge in [0, 0.05) is 38.3 Å². The van der Waals surface area contributed by atoms with Gasteiger partial charge in [0.1, 0.15) is 5.60 Å². The van der Waals surface area contributed by atoms with E-state index in [1.807, 2.05) is 32.7 Å². The molecule has 3 aliphatic heterocycles. The molecule has 0 saturated carbocycles. The minimum absolute atomic E-state index is 0.207. The molecule has 2 bridgehead atoms. The molecule has 0 aromatic carbocycles. The predicted octanol–water partition coefficient (Wildman–Crippen LogP) is 2.86. The van der Waals surface area contributed by atoms with Gasteiger partial charge in [0.2, 0.25) is 5.91 Å². The van der Waals surface area contributed by atoms with Gasteiger partial charge in [-0.25, -0.2) is 4.79 Å². The number of fused-ring (bicyclic) bond motifs is 2. The molecule has 0 spiro atoms. The molecule has 3 aliphatic rings. The highest BCUT2D eigenvalue weighted by molar-refractivity contribution is 5.78. The van der Waals surface area contributed by atoms with E-state index in [1.165, 1.54) is 6.42 Å². The van der Waals surface area contributed by atoms with Crippen molar-refractivity contribution >= 4 is 12.0 Å². The second-order valence-corrected chi connectivity index (χ2v) is 9.22. The van der Waals surface area contributed by atoms with E-state index in [0.717, 1.165) is 51.6 Å². The highest BCUT2D eigenvalue weighted by Gasteiger charge is 2.42. The zero-order chi connectivity index (χ0) is 18.9. The van der Waals surface area contributed by atoms with Crippen LogP contribution in [0.5, 0.6) is 0 Å². The standard InChI is InChI=1S/C20H35N3O3/c1-20(2,3)26-19(25)21(4)17-12-15-8-7-9-16(13-17)23(15)14-18(24)22-10-5-6-11-22/h15-17H,5-14H2,1-4H3/t15-,16?,17?/m0/s1. The third-order valence-corrected chi connectivity index (χ3v) is 6.11. The van der Waals surface area contributed by atoms with E-state index in [1.54, 1.807) is 4.90 Å². The van der Waals surface area contributed by atoms with Crippen molar-refractivity contribution < 1.29 is 14.3 Å². The zero-order valence-electron chi connectivity index (χ0n) is 16.9. The lowest BCUT2D eigenvalue weighted by Crippen LogP contribution is -2.59. The van der Waals surface area contributed by atoms with Crippen LogP contribution in [0.2, 0.25) is 0 Å². The van der Waals surface area contributed by atoms with Gasteiger partial charge in [-0.1, -0.05) is 6.42 Å². The van der Waals surface area contributed by atoms with Crippen LogP contribution in [0.4, 0.5) is 4.79 Å². The number of piperidine rings is 2. The van der Waals surface area contributed by atoms with E-state index in [-0.39, 0.29) is 12.1 Å². The van der Waals surface area contributed by atoms with Gasteiger partial charge < -0.3 is 14.5 Å². The molecular formula is C20H35N3O3. The number of rotatable bonds is 3. The molecule has 3 heterocycles. The summed E-state index contributed by atoms with van der Waals surface area (Å²) in [6.45, 7) is 8.11. The van der Waals surface area contributed by atoms with Crippen molar-refractivity contribution in [2.24, 2.45) is 0 Å². The molecule has 3 saturated heterocycles. The Labute approximate surface area is 157 Å². The minimum atomic E-state index is -0.468. The number of nitrogens with zero attached hydrogens (tertiary/aromatic N) is 3. The van der Waals surface area contributed by atoms with E-state index < -0.39 is 5.60 Å². The first-order valence-electron chi connectivity index (χ1n) is 10.2. The molecule has 3 fully saturated rings. The first kappa shape index (κ1) is 19.5. The van der Waals surface area contributed by atoms with Crippen molar-refractivity contribution in [3.05, 3.63) is 0 Å². The summed E-state index contributed by atoms with van der Waals surface area (Å²) >= 11 is 0. The molecule has 0 aromatic heterocycles. The van der Waals surface area contributed by atoms with Crippen LogP contribution in [-0.2, 0) is 9.53 Å². The Morgan fingerprint density at radius 1 is 1.04 bits per heavy atom. The van der Waals surface area contributed by atoms with Crippen molar-refractivity contribution in [2.45, 2.75) is 89.4 Å². The number of likely N-dealkylation sites (tertiary alicyclic amines) is 1. The highest BCUT2D eigenvalue weighted by atomic mass is 16.6. The summed E-state index contributed by atoms with van der Waals surface area (Å²) in [6, 6.07) is 1.02. The highest BCUT2D eigenvalue weighted by Crippen LogP contribution is 2.36. The molecule has 0 N–H and O–H groups in total. The summed E-state index contributed by atoms with van der Waals surface area (Å²) in [4.78, 5) is 31.3. The van der Waals surface area contributed by atoms with Gasteiger partial charge in [0.15, 0.2) is 0 Å². The first-order valence-corrected chi connectivity index (χ1v) is 10.2. The average molecular weight is 366 g/mol. The van der Waals surface area contributed by atoms with Gasteiger partial charge >= 0.3 is 6.09 Å². The Morgan fingerprint density at radius 2 is 1.62 bits per heavy atom. The van der Waals surface area contributed by atoms with Gasteiger partial charge in [0.25, 0.3) is 0 Å². The predicted molar refractivity (Wildman–Crippen MR) is 101 cm³/mol. The number of ether oxygens (including phenoxy) is 1. The van der Waals surface area contributed by atoms with Crippen LogP contribution >= 0.6 is 0 Å². The van der Waals surface area contributed by atoms with Gasteiger partial charge in [-0.05, 0) is 59.3 Å². The molecule has 148 valence electrons. The molecule has 26 heavy (non-hydrogen) atoms. The summed E-state index contributed by atoms with van der Waals surface area (Å²) < 4.78 is 5.55. The van der Waals surface area contributed by atoms with Crippen molar-refractivity contribution in [3.63, 3.8) is 0 Å². The smallest absolute Gasteiger partial charge is 0.410 e. The SMILES string of the molecule is CN(C(=O)OC(C)(C)C)C1CC2CCC[C@@H](C1)N2CC(=O)N1CCCC1. The number of carbonyl (C=O) groups excluding carboxylic acids is 2. The molecule has 3 atom stereocenters. The van der Waals surface area contributed by atoms with Crippen LogP contribution in [-0.4, -0.2) is 77.1 Å². The number of carbonyl (C=O) groups is 2. The molecule has 3 rings (SSSR count). The molecule has 0 radical (unpaired) electrons. The summed E-state index contributed by atoms with van der Waals surface area (Å²) in [7, 11) is 1.86. The normalized spacial score (nSPS) is 29.5. The Hall–Kier alpha value is -1.30. The first-order chi connectivity index (χ1) is 12.2. The molecule has 0 aromatic rings. The van der Waals surface area contributed by atoms with Crippen molar-refractivity contribution in [1.29, 1.82) is 0 Å². The lowest BCUT2D eigenvalue weighted by atomic mass is 9.81. The quantitative estimate of drug-likeness (QED) is 0.772. The zero-order valence-corrected chi connectivity index (χ0v) is 16.9. The maximum atomic E-state index is 12.6. The molecule has 6 heteroatoms. The summed E-state index contributed by atoms with van der Waals surface area (Å²) in [5.74, 6) is 0.290. The second kappa shape index (κ2) is 7.75. The molecular weight excluding hydrogens is 330 g/mol. The lowest BCUT2D eigenvalue weighted by Gasteiger charge is -2.50. The Balaban J connectivity index is 1.60. The van der Waals surface area contributed by atoms with E-state index in [0.29, 0.717) is 24.5 Å². The third-order valence-electron chi connectivity index (χ3n) is 6.11. The van der Waals surface area contributed by atoms with Crippen molar-refractivity contribution in [2.75, 3.05) is 26.7 Å². The van der Waals surface area contributed by atoms with Gasteiger partial charge in [-0.15, -0.1) is 0 Å².